The van der Waals surface area contributed by atoms with Crippen molar-refractivity contribution in [2.75, 3.05) is 0 Å². The Bertz CT molecular complexity index is 336. The van der Waals surface area contributed by atoms with Gasteiger partial charge < -0.3 is 10.1 Å². The topological polar surface area (TPSA) is 48.9 Å². The average Bonchev–Trinajstić information content (AvgIpc) is 2.66. The number of H-pyrrole nitrogens is 1. The molecule has 1 aromatic rings. The van der Waals surface area contributed by atoms with Gasteiger partial charge in [-0.05, 0) is 6.42 Å². The second kappa shape index (κ2) is 4.53. The van der Waals surface area contributed by atoms with Crippen molar-refractivity contribution in [1.29, 1.82) is 0 Å². The predicted molar refractivity (Wildman–Crippen MR) is 52.5 cm³/mol. The maximum Gasteiger partial charge on any atom is 0.292 e. The summed E-state index contributed by atoms with van der Waals surface area (Å²) in [7, 11) is 0. The summed E-state index contributed by atoms with van der Waals surface area (Å²) in [5.41, 5.74) is -0.287. The number of rotatable bonds is 5. The number of imidazole rings is 1. The molecule has 0 aromatic carbocycles. The average molecular weight is 216 g/mol. The van der Waals surface area contributed by atoms with Gasteiger partial charge in [0.05, 0.1) is 6.20 Å². The first-order valence-electron chi connectivity index (χ1n) is 4.73. The number of aromatic amines is 1. The van der Waals surface area contributed by atoms with E-state index in [2.05, 4.69) is 16.5 Å². The lowest BCUT2D eigenvalue weighted by atomic mass is 10.2. The van der Waals surface area contributed by atoms with E-state index in [1.54, 1.807) is 6.92 Å². The van der Waals surface area contributed by atoms with E-state index >= 15 is 0 Å². The maximum atomic E-state index is 13.3. The molecule has 1 heterocycles. The fourth-order valence-corrected chi connectivity index (χ4v) is 1.18. The van der Waals surface area contributed by atoms with Gasteiger partial charge in [0.1, 0.15) is 17.6 Å². The van der Waals surface area contributed by atoms with Gasteiger partial charge in [-0.15, -0.1) is 6.58 Å². The second-order valence-electron chi connectivity index (χ2n) is 3.30. The van der Waals surface area contributed by atoms with Crippen LogP contribution in [0.4, 0.5) is 8.78 Å². The van der Waals surface area contributed by atoms with Gasteiger partial charge in [0.25, 0.3) is 5.92 Å². The van der Waals surface area contributed by atoms with Crippen LogP contribution < -0.4 is 0 Å². The van der Waals surface area contributed by atoms with Gasteiger partial charge in [-0.2, -0.15) is 8.78 Å². The van der Waals surface area contributed by atoms with E-state index in [1.807, 2.05) is 0 Å². The van der Waals surface area contributed by atoms with Crippen molar-refractivity contribution in [2.45, 2.75) is 31.8 Å². The highest BCUT2D eigenvalue weighted by molar-refractivity contribution is 5.10. The molecule has 0 radical (unpaired) electrons. The largest absolute Gasteiger partial charge is 0.385 e. The fourth-order valence-electron chi connectivity index (χ4n) is 1.18. The molecule has 0 amide bonds. The lowest BCUT2D eigenvalue weighted by molar-refractivity contribution is -0.00532. The number of alkyl halides is 2. The van der Waals surface area contributed by atoms with Crippen LogP contribution in [0.15, 0.2) is 18.9 Å². The van der Waals surface area contributed by atoms with Crippen LogP contribution in [-0.2, 0) is 5.92 Å². The van der Waals surface area contributed by atoms with Crippen molar-refractivity contribution in [1.82, 2.24) is 9.97 Å². The molecule has 0 fully saturated rings. The molecule has 0 aliphatic heterocycles. The number of halogens is 2. The minimum atomic E-state index is -3.00. The number of aromatic nitrogens is 2. The summed E-state index contributed by atoms with van der Waals surface area (Å²) in [4.78, 5) is 6.15. The molecule has 0 spiro atoms. The normalized spacial score (nSPS) is 13.9. The highest BCUT2D eigenvalue weighted by Crippen LogP contribution is 2.31. The number of hydrogen-bond acceptors (Lipinski definition) is 2. The summed E-state index contributed by atoms with van der Waals surface area (Å²) in [5.74, 6) is -2.82. The lowest BCUT2D eigenvalue weighted by Gasteiger charge is -2.11. The Morgan fingerprint density at radius 3 is 2.93 bits per heavy atom. The first-order chi connectivity index (χ1) is 7.01. The second-order valence-corrected chi connectivity index (χ2v) is 3.30. The van der Waals surface area contributed by atoms with Gasteiger partial charge in [-0.25, -0.2) is 4.98 Å². The van der Waals surface area contributed by atoms with Gasteiger partial charge in [0, 0.05) is 6.42 Å². The van der Waals surface area contributed by atoms with Crippen LogP contribution in [0.25, 0.3) is 0 Å². The van der Waals surface area contributed by atoms with E-state index in [1.165, 1.54) is 0 Å². The minimum Gasteiger partial charge on any atom is -0.385 e. The first kappa shape index (κ1) is 11.8. The Morgan fingerprint density at radius 2 is 2.40 bits per heavy atom. The first-order valence-corrected chi connectivity index (χ1v) is 4.73. The zero-order chi connectivity index (χ0) is 11.5. The third kappa shape index (κ3) is 2.62. The molecule has 15 heavy (non-hydrogen) atoms. The standard InChI is InChI=1S/C10H14F2N2O/c1-3-5-10(11,12)8-6-13-9(14-8)7(15)4-2/h3,6-7,15H,1,4-5H2,2H3,(H,13,14). The van der Waals surface area contributed by atoms with E-state index in [0.29, 0.717) is 6.42 Å². The minimum absolute atomic E-state index is 0.177. The third-order valence-electron chi connectivity index (χ3n) is 2.09. The zero-order valence-corrected chi connectivity index (χ0v) is 8.50. The van der Waals surface area contributed by atoms with Gasteiger partial charge in [0.15, 0.2) is 0 Å². The molecule has 3 nitrogen and oxygen atoms in total. The number of aliphatic hydroxyl groups is 1. The molecule has 1 aromatic heterocycles. The van der Waals surface area contributed by atoms with E-state index in [-0.39, 0.29) is 11.5 Å². The summed E-state index contributed by atoms with van der Waals surface area (Å²) in [6, 6.07) is 0. The SMILES string of the molecule is C=CCC(F)(F)c1cnc(C(O)CC)[nH]1. The van der Waals surface area contributed by atoms with Crippen LogP contribution in [0.1, 0.15) is 37.4 Å². The quantitative estimate of drug-likeness (QED) is 0.743. The van der Waals surface area contributed by atoms with Crippen molar-refractivity contribution >= 4 is 0 Å². The van der Waals surface area contributed by atoms with Gasteiger partial charge in [-0.1, -0.05) is 13.0 Å². The number of hydrogen-bond donors (Lipinski definition) is 2. The molecule has 0 saturated heterocycles. The number of nitrogens with one attached hydrogen (secondary N) is 1. The molecular formula is C10H14F2N2O. The van der Waals surface area contributed by atoms with Crippen molar-refractivity contribution < 1.29 is 13.9 Å². The molecule has 84 valence electrons. The molecule has 1 unspecified atom stereocenters. The Hall–Kier alpha value is -1.23. The van der Waals surface area contributed by atoms with E-state index < -0.39 is 18.4 Å². The number of aliphatic hydroxyl groups excluding tert-OH is 1. The smallest absolute Gasteiger partial charge is 0.292 e. The van der Waals surface area contributed by atoms with E-state index in [0.717, 1.165) is 12.3 Å². The van der Waals surface area contributed by atoms with Crippen LogP contribution in [0.5, 0.6) is 0 Å². The number of allylic oxidation sites excluding steroid dienone is 1. The lowest BCUT2D eigenvalue weighted by Crippen LogP contribution is -2.12. The van der Waals surface area contributed by atoms with Crippen LogP contribution in [0, 0.1) is 0 Å². The molecule has 1 atom stereocenters. The van der Waals surface area contributed by atoms with Crippen molar-refractivity contribution in [2.24, 2.45) is 0 Å². The van der Waals surface area contributed by atoms with E-state index in [4.69, 9.17) is 0 Å². The predicted octanol–water partition coefficient (Wildman–Crippen LogP) is 2.52. The molecule has 2 N–H and O–H groups in total. The summed E-state index contributed by atoms with van der Waals surface area (Å²) < 4.78 is 26.6. The van der Waals surface area contributed by atoms with Crippen LogP contribution in [-0.4, -0.2) is 15.1 Å². The van der Waals surface area contributed by atoms with Crippen molar-refractivity contribution in [3.05, 3.63) is 30.4 Å². The summed E-state index contributed by atoms with van der Waals surface area (Å²) >= 11 is 0. The maximum absolute atomic E-state index is 13.3. The van der Waals surface area contributed by atoms with Gasteiger partial charge in [0.2, 0.25) is 0 Å². The Labute approximate surface area is 86.9 Å². The van der Waals surface area contributed by atoms with Gasteiger partial charge >= 0.3 is 0 Å². The Morgan fingerprint density at radius 1 is 1.73 bits per heavy atom. The van der Waals surface area contributed by atoms with Crippen molar-refractivity contribution in [3.63, 3.8) is 0 Å². The zero-order valence-electron chi connectivity index (χ0n) is 8.50. The van der Waals surface area contributed by atoms with Crippen LogP contribution in [0.2, 0.25) is 0 Å². The fraction of sp³-hybridized carbons (Fsp3) is 0.500. The molecule has 0 aliphatic rings. The summed E-state index contributed by atoms with van der Waals surface area (Å²) in [5, 5.41) is 9.38. The summed E-state index contributed by atoms with van der Waals surface area (Å²) in [6.07, 6.45) is 1.36. The highest BCUT2D eigenvalue weighted by Gasteiger charge is 2.32. The molecule has 0 saturated carbocycles. The third-order valence-corrected chi connectivity index (χ3v) is 2.09. The monoisotopic (exact) mass is 216 g/mol. The van der Waals surface area contributed by atoms with Crippen LogP contribution in [0.3, 0.4) is 0 Å². The number of nitrogens with zero attached hydrogens (tertiary/aromatic N) is 1. The van der Waals surface area contributed by atoms with Crippen molar-refractivity contribution in [3.8, 4) is 0 Å². The Balaban J connectivity index is 2.88. The van der Waals surface area contributed by atoms with Gasteiger partial charge in [-0.3, -0.25) is 0 Å². The highest BCUT2D eigenvalue weighted by atomic mass is 19.3. The molecule has 0 bridgehead atoms. The summed E-state index contributed by atoms with van der Waals surface area (Å²) in [6.45, 7) is 5.01. The molecule has 5 heteroatoms. The van der Waals surface area contributed by atoms with E-state index in [9.17, 15) is 13.9 Å². The Kier molecular flexibility index (Phi) is 3.57. The molecular weight excluding hydrogens is 202 g/mol. The van der Waals surface area contributed by atoms with Crippen LogP contribution >= 0.6 is 0 Å². The molecule has 0 aliphatic carbocycles. The molecule has 1 rings (SSSR count).